The fraction of sp³-hybridized carbons (Fsp3) is 0.238. The minimum atomic E-state index is -1.64. The van der Waals surface area contributed by atoms with E-state index in [1.807, 2.05) is 6.08 Å². The third-order valence-corrected chi connectivity index (χ3v) is 12.1. The number of carbonyl (C=O) groups excluding carboxylic acids is 4. The van der Waals surface area contributed by atoms with E-state index in [4.69, 9.17) is 32.7 Å². The molecule has 2 heterocycles. The van der Waals surface area contributed by atoms with Crippen molar-refractivity contribution in [2.75, 3.05) is 24.5 Å². The number of nitrogens with one attached hydrogen (secondary N) is 1. The van der Waals surface area contributed by atoms with Gasteiger partial charge in [0.2, 0.25) is 11.8 Å². The fourth-order valence-electron chi connectivity index (χ4n) is 9.09. The highest BCUT2D eigenvalue weighted by molar-refractivity contribution is 6.36. The van der Waals surface area contributed by atoms with Crippen LogP contribution in [0.2, 0.25) is 10.0 Å². The molecule has 12 heteroatoms. The number of benzene rings is 4. The predicted molar refractivity (Wildman–Crippen MR) is 204 cm³/mol. The number of aromatic hydroxyl groups is 1. The number of allylic oxidation sites excluding steroid dienone is 2. The Morgan fingerprint density at radius 3 is 2.22 bits per heavy atom. The number of hydrogen-bond acceptors (Lipinski definition) is 8. The molecule has 0 unspecified atom stereocenters. The van der Waals surface area contributed by atoms with E-state index in [0.29, 0.717) is 38.9 Å². The van der Waals surface area contributed by atoms with Crippen LogP contribution >= 0.6 is 23.2 Å². The summed E-state index contributed by atoms with van der Waals surface area (Å²) in [6.07, 6.45) is 3.89. The summed E-state index contributed by atoms with van der Waals surface area (Å²) >= 11 is 12.7. The Balaban J connectivity index is 1.34. The van der Waals surface area contributed by atoms with Gasteiger partial charge in [0.05, 0.1) is 53.8 Å². The van der Waals surface area contributed by atoms with Crippen molar-refractivity contribution in [3.8, 4) is 17.2 Å². The fourth-order valence-corrected chi connectivity index (χ4v) is 9.54. The number of phenolic OH excluding ortho intramolecular Hbond substituents is 1. The van der Waals surface area contributed by atoms with E-state index in [9.17, 15) is 19.5 Å². The van der Waals surface area contributed by atoms with Crippen LogP contribution in [0.1, 0.15) is 35.4 Å². The Kier molecular flexibility index (Phi) is 8.78. The average molecular weight is 765 g/mol. The zero-order valence-corrected chi connectivity index (χ0v) is 30.8. The van der Waals surface area contributed by atoms with Crippen molar-refractivity contribution in [1.29, 1.82) is 0 Å². The molecule has 54 heavy (non-hydrogen) atoms. The summed E-state index contributed by atoms with van der Waals surface area (Å²) in [4.78, 5) is 60.3. The van der Waals surface area contributed by atoms with E-state index < -0.39 is 46.8 Å². The number of nitrogens with zero attached hydrogens (tertiary/aromatic N) is 2. The van der Waals surface area contributed by atoms with Gasteiger partial charge in [-0.25, -0.2) is 0 Å². The van der Waals surface area contributed by atoms with Crippen molar-refractivity contribution in [2.24, 2.45) is 23.7 Å². The maximum atomic E-state index is 15.4. The lowest BCUT2D eigenvalue weighted by Crippen LogP contribution is -2.53. The van der Waals surface area contributed by atoms with Crippen molar-refractivity contribution >= 4 is 64.3 Å². The van der Waals surface area contributed by atoms with E-state index in [0.717, 1.165) is 10.6 Å². The summed E-state index contributed by atoms with van der Waals surface area (Å²) in [5.41, 5.74) is 4.42. The summed E-state index contributed by atoms with van der Waals surface area (Å²) in [5, 5.41) is 13.2. The number of hydrazine groups is 1. The lowest BCUT2D eigenvalue weighted by atomic mass is 9.49. The zero-order chi connectivity index (χ0) is 38.1. The van der Waals surface area contributed by atoms with E-state index in [-0.39, 0.29) is 41.1 Å². The minimum Gasteiger partial charge on any atom is -0.508 e. The van der Waals surface area contributed by atoms with Crippen molar-refractivity contribution in [1.82, 2.24) is 5.01 Å². The number of fused-ring (bicyclic) bond motifs is 4. The third-order valence-electron chi connectivity index (χ3n) is 11.5. The van der Waals surface area contributed by atoms with Crippen LogP contribution in [-0.2, 0) is 24.6 Å². The van der Waals surface area contributed by atoms with Gasteiger partial charge in [-0.15, -0.1) is 0 Å². The van der Waals surface area contributed by atoms with Crippen molar-refractivity contribution < 1.29 is 33.8 Å². The molecule has 0 aromatic heterocycles. The average Bonchev–Trinajstić information content (AvgIpc) is 3.56. The standard InChI is InChI=1S/C42H35Cl2N3O7/c1-4-22-5-10-25(11-6-22)46-38(49)29-16-15-28-30(36(29)40(46)51)21-32-39(50)47(45-34-17-9-24(43)19-33(34)44)41(52)42(32,23-7-12-26(53-2)13-8-23)37(28)31-20-27(54-3)14-18-35(31)48/h4-15,17-20,29-30,32,36-37,45,48H,1,16,21H2,2-3H3/t29-,30+,32-,36-,37+,42+/m0/s1. The number of rotatable bonds is 8. The molecule has 0 spiro atoms. The van der Waals surface area contributed by atoms with Gasteiger partial charge in [0, 0.05) is 16.5 Å². The van der Waals surface area contributed by atoms with Gasteiger partial charge in [-0.1, -0.05) is 71.8 Å². The molecule has 0 bridgehead atoms. The molecule has 4 aromatic rings. The molecule has 1 saturated carbocycles. The van der Waals surface area contributed by atoms with Gasteiger partial charge in [-0.2, -0.15) is 5.01 Å². The van der Waals surface area contributed by atoms with Crippen molar-refractivity contribution in [3.05, 3.63) is 130 Å². The van der Waals surface area contributed by atoms with E-state index in [2.05, 4.69) is 12.0 Å². The van der Waals surface area contributed by atoms with Crippen LogP contribution in [0.4, 0.5) is 11.4 Å². The molecule has 10 nitrogen and oxygen atoms in total. The van der Waals surface area contributed by atoms with Crippen LogP contribution in [0.15, 0.2) is 103 Å². The normalized spacial score (nSPS) is 25.9. The quantitative estimate of drug-likeness (QED) is 0.139. The topological polar surface area (TPSA) is 125 Å². The first-order valence-electron chi connectivity index (χ1n) is 17.4. The Bertz CT molecular complexity index is 2270. The lowest BCUT2D eigenvalue weighted by Gasteiger charge is -2.50. The van der Waals surface area contributed by atoms with Crippen LogP contribution in [0.3, 0.4) is 0 Å². The highest BCUT2D eigenvalue weighted by Gasteiger charge is 2.70. The van der Waals surface area contributed by atoms with Crippen molar-refractivity contribution in [3.63, 3.8) is 0 Å². The molecule has 2 aliphatic heterocycles. The maximum Gasteiger partial charge on any atom is 0.260 e. The highest BCUT2D eigenvalue weighted by atomic mass is 35.5. The van der Waals surface area contributed by atoms with Crippen LogP contribution < -0.4 is 19.8 Å². The lowest BCUT2D eigenvalue weighted by molar-refractivity contribution is -0.138. The van der Waals surface area contributed by atoms with Gasteiger partial charge in [-0.05, 0) is 90.6 Å². The number of anilines is 2. The van der Waals surface area contributed by atoms with Crippen LogP contribution in [0.25, 0.3) is 6.08 Å². The Hall–Kier alpha value is -5.58. The maximum absolute atomic E-state index is 15.4. The summed E-state index contributed by atoms with van der Waals surface area (Å²) < 4.78 is 11.1. The summed E-state index contributed by atoms with van der Waals surface area (Å²) in [6.45, 7) is 3.79. The predicted octanol–water partition coefficient (Wildman–Crippen LogP) is 7.55. The minimum absolute atomic E-state index is 0.0691. The smallest absolute Gasteiger partial charge is 0.260 e. The number of methoxy groups -OCH3 is 2. The second-order valence-corrected chi connectivity index (χ2v) is 14.8. The molecule has 6 atom stereocenters. The van der Waals surface area contributed by atoms with E-state index in [1.54, 1.807) is 78.9 Å². The molecule has 274 valence electrons. The van der Waals surface area contributed by atoms with E-state index in [1.165, 1.54) is 31.3 Å². The summed E-state index contributed by atoms with van der Waals surface area (Å²) in [6, 6.07) is 23.4. The monoisotopic (exact) mass is 763 g/mol. The number of ether oxygens (including phenoxy) is 2. The molecular formula is C42H35Cl2N3O7. The molecular weight excluding hydrogens is 729 g/mol. The van der Waals surface area contributed by atoms with Gasteiger partial charge < -0.3 is 14.6 Å². The molecule has 4 aromatic carbocycles. The number of carbonyl (C=O) groups is 4. The van der Waals surface area contributed by atoms with Gasteiger partial charge in [0.25, 0.3) is 11.8 Å². The van der Waals surface area contributed by atoms with Gasteiger partial charge in [0.1, 0.15) is 17.2 Å². The van der Waals surface area contributed by atoms with E-state index >= 15 is 4.79 Å². The number of hydrogen-bond donors (Lipinski definition) is 2. The SMILES string of the molecule is C=Cc1ccc(N2C(=O)[C@H]3[C@H](CC=C4[C@H]3C[C@H]3C(=O)N(Nc5ccc(Cl)cc5Cl)C(=O)[C@@]3(c3ccc(OC)cc3)[C@H]4c3cc(OC)ccc3O)C2=O)cc1. The number of phenols is 1. The Morgan fingerprint density at radius 1 is 0.852 bits per heavy atom. The van der Waals surface area contributed by atoms with Crippen molar-refractivity contribution in [2.45, 2.75) is 24.2 Å². The van der Waals surface area contributed by atoms with Gasteiger partial charge in [-0.3, -0.25) is 29.5 Å². The third kappa shape index (κ3) is 5.22. The first-order chi connectivity index (χ1) is 26.0. The molecule has 0 radical (unpaired) electrons. The molecule has 4 amide bonds. The second kappa shape index (κ2) is 13.4. The first kappa shape index (κ1) is 35.4. The van der Waals surface area contributed by atoms with Gasteiger partial charge >= 0.3 is 0 Å². The molecule has 4 aliphatic rings. The van der Waals surface area contributed by atoms with Crippen LogP contribution in [0.5, 0.6) is 17.2 Å². The summed E-state index contributed by atoms with van der Waals surface area (Å²) in [5.74, 6) is -5.18. The second-order valence-electron chi connectivity index (χ2n) is 13.9. The van der Waals surface area contributed by atoms with Crippen LogP contribution in [0, 0.1) is 23.7 Å². The molecule has 2 aliphatic carbocycles. The molecule has 3 fully saturated rings. The number of halogens is 2. The summed E-state index contributed by atoms with van der Waals surface area (Å²) in [7, 11) is 3.03. The van der Waals surface area contributed by atoms with Gasteiger partial charge in [0.15, 0.2) is 0 Å². The largest absolute Gasteiger partial charge is 0.508 e. The first-order valence-corrected chi connectivity index (χ1v) is 18.2. The zero-order valence-electron chi connectivity index (χ0n) is 29.3. The number of imide groups is 2. The van der Waals surface area contributed by atoms with Crippen LogP contribution in [-0.4, -0.2) is 48.0 Å². The molecule has 2 saturated heterocycles. The Labute approximate surface area is 321 Å². The Morgan fingerprint density at radius 2 is 1.56 bits per heavy atom. The number of amides is 4. The molecule has 2 N–H and O–H groups in total. The highest BCUT2D eigenvalue weighted by Crippen LogP contribution is 2.65. The molecule has 8 rings (SSSR count).